The number of hydrogen-bond acceptors (Lipinski definition) is 6. The molecule has 0 spiro atoms. The van der Waals surface area contributed by atoms with E-state index in [-0.39, 0.29) is 12.5 Å². The number of halogens is 1. The molecule has 1 aromatic carbocycles. The first-order chi connectivity index (χ1) is 10.2. The summed E-state index contributed by atoms with van der Waals surface area (Å²) in [5.41, 5.74) is 0.375. The number of nitro benzene ring substituents is 1. The molecule has 0 amide bonds. The number of anilines is 1. The fraction of sp³-hybridized carbons (Fsp3) is 0.538. The highest BCUT2D eigenvalue weighted by molar-refractivity contribution is 9.10. The van der Waals surface area contributed by atoms with Crippen molar-refractivity contribution in [2.45, 2.75) is 12.8 Å². The van der Waals surface area contributed by atoms with Crippen LogP contribution in [0.25, 0.3) is 0 Å². The zero-order valence-corrected chi connectivity index (χ0v) is 12.8. The smallest absolute Gasteiger partial charge is 0.297 e. The number of rotatable bonds is 4. The molecule has 0 radical (unpaired) electrons. The molecule has 7 nitrogen and oxygen atoms in total. The highest BCUT2D eigenvalue weighted by Crippen LogP contribution is 2.49. The van der Waals surface area contributed by atoms with Crippen molar-refractivity contribution in [3.63, 3.8) is 0 Å². The van der Waals surface area contributed by atoms with Gasteiger partial charge in [-0.25, -0.2) is 0 Å². The molecule has 2 aliphatic rings. The number of nitro groups is 1. The van der Waals surface area contributed by atoms with Gasteiger partial charge in [-0.15, -0.1) is 0 Å². The van der Waals surface area contributed by atoms with Crippen LogP contribution in [-0.4, -0.2) is 31.5 Å². The molecular weight excluding hydrogens is 344 g/mol. The lowest BCUT2D eigenvalue weighted by Gasteiger charge is -2.22. The number of ether oxygens (including phenoxy) is 3. The third kappa shape index (κ3) is 2.91. The first kappa shape index (κ1) is 14.4. The minimum Gasteiger partial charge on any atom is -0.452 e. The van der Waals surface area contributed by atoms with Gasteiger partial charge >= 0.3 is 0 Å². The maximum Gasteiger partial charge on any atom is 0.297 e. The second-order valence-electron chi connectivity index (χ2n) is 5.01. The van der Waals surface area contributed by atoms with Crippen molar-refractivity contribution in [3.05, 3.63) is 20.7 Å². The largest absolute Gasteiger partial charge is 0.452 e. The highest BCUT2D eigenvalue weighted by atomic mass is 79.9. The van der Waals surface area contributed by atoms with Crippen LogP contribution in [0.5, 0.6) is 11.5 Å². The number of nitrogens with zero attached hydrogens (tertiary/aromatic N) is 1. The summed E-state index contributed by atoms with van der Waals surface area (Å²) in [5.74, 6) is 1.36. The molecule has 1 saturated heterocycles. The molecular formula is C13H15BrN2O5. The Bertz CT molecular complexity index is 560. The van der Waals surface area contributed by atoms with Crippen LogP contribution in [0.4, 0.5) is 11.4 Å². The van der Waals surface area contributed by atoms with Crippen LogP contribution in [0.1, 0.15) is 12.8 Å². The Kier molecular flexibility index (Phi) is 4.16. The minimum absolute atomic E-state index is 0.0156. The van der Waals surface area contributed by atoms with Crippen molar-refractivity contribution in [2.75, 3.05) is 31.9 Å². The van der Waals surface area contributed by atoms with E-state index < -0.39 is 4.92 Å². The van der Waals surface area contributed by atoms with Crippen molar-refractivity contribution in [2.24, 2.45) is 5.92 Å². The van der Waals surface area contributed by atoms with Crippen LogP contribution in [0, 0.1) is 16.0 Å². The number of benzene rings is 1. The lowest BCUT2D eigenvalue weighted by Crippen LogP contribution is -2.23. The molecule has 0 aliphatic carbocycles. The molecule has 0 bridgehead atoms. The molecule has 1 N–H and O–H groups in total. The highest BCUT2D eigenvalue weighted by Gasteiger charge is 2.30. The zero-order chi connectivity index (χ0) is 14.8. The molecule has 1 aromatic rings. The summed E-state index contributed by atoms with van der Waals surface area (Å²) in [6, 6.07) is 1.44. The molecule has 0 aromatic heterocycles. The summed E-state index contributed by atoms with van der Waals surface area (Å²) in [5, 5.41) is 14.4. The van der Waals surface area contributed by atoms with E-state index >= 15 is 0 Å². The molecule has 21 heavy (non-hydrogen) atoms. The third-order valence-corrected chi connectivity index (χ3v) is 4.27. The van der Waals surface area contributed by atoms with E-state index in [9.17, 15) is 10.1 Å². The molecule has 8 heteroatoms. The van der Waals surface area contributed by atoms with Crippen LogP contribution >= 0.6 is 15.9 Å². The summed E-state index contributed by atoms with van der Waals surface area (Å²) in [4.78, 5) is 10.8. The summed E-state index contributed by atoms with van der Waals surface area (Å²) in [6.07, 6.45) is 1.91. The summed E-state index contributed by atoms with van der Waals surface area (Å²) >= 11 is 3.27. The molecule has 0 unspecified atom stereocenters. The van der Waals surface area contributed by atoms with Crippen molar-refractivity contribution in [3.8, 4) is 11.5 Å². The monoisotopic (exact) mass is 358 g/mol. The van der Waals surface area contributed by atoms with E-state index in [1.165, 1.54) is 6.07 Å². The van der Waals surface area contributed by atoms with Gasteiger partial charge < -0.3 is 19.5 Å². The van der Waals surface area contributed by atoms with Gasteiger partial charge in [-0.05, 0) is 34.7 Å². The number of hydrogen-bond donors (Lipinski definition) is 1. The normalized spacial score (nSPS) is 17.8. The molecule has 114 valence electrons. The lowest BCUT2D eigenvalue weighted by atomic mass is 10.0. The predicted molar refractivity (Wildman–Crippen MR) is 79.0 cm³/mol. The lowest BCUT2D eigenvalue weighted by molar-refractivity contribution is -0.384. The number of nitrogens with one attached hydrogen (secondary N) is 1. The van der Waals surface area contributed by atoms with Crippen LogP contribution in [0.15, 0.2) is 10.5 Å². The van der Waals surface area contributed by atoms with Crippen molar-refractivity contribution >= 4 is 27.3 Å². The van der Waals surface area contributed by atoms with E-state index in [4.69, 9.17) is 14.2 Å². The quantitative estimate of drug-likeness (QED) is 0.658. The van der Waals surface area contributed by atoms with E-state index in [0.717, 1.165) is 26.1 Å². The first-order valence-corrected chi connectivity index (χ1v) is 7.54. The maximum absolute atomic E-state index is 11.3. The van der Waals surface area contributed by atoms with E-state index in [1.807, 2.05) is 0 Å². The fourth-order valence-electron chi connectivity index (χ4n) is 2.53. The second kappa shape index (κ2) is 6.07. The second-order valence-corrected chi connectivity index (χ2v) is 5.87. The van der Waals surface area contributed by atoms with Gasteiger partial charge in [0.15, 0.2) is 17.2 Å². The van der Waals surface area contributed by atoms with Crippen molar-refractivity contribution in [1.29, 1.82) is 0 Å². The van der Waals surface area contributed by atoms with Crippen LogP contribution in [0.2, 0.25) is 0 Å². The summed E-state index contributed by atoms with van der Waals surface area (Å²) in [7, 11) is 0. The van der Waals surface area contributed by atoms with Gasteiger partial charge in [0.05, 0.1) is 9.40 Å². The Balaban J connectivity index is 1.85. The standard InChI is InChI=1S/C13H15BrN2O5/c14-9-5-10(16(17)18)11(13-12(9)20-7-21-13)15-6-8-1-3-19-4-2-8/h5,8,15H,1-4,6-7H2. The van der Waals surface area contributed by atoms with Crippen molar-refractivity contribution < 1.29 is 19.1 Å². The Morgan fingerprint density at radius 1 is 1.33 bits per heavy atom. The van der Waals surface area contributed by atoms with Gasteiger partial charge in [0.1, 0.15) is 0 Å². The van der Waals surface area contributed by atoms with Crippen LogP contribution in [0.3, 0.4) is 0 Å². The Morgan fingerprint density at radius 3 is 2.76 bits per heavy atom. The fourth-order valence-corrected chi connectivity index (χ4v) is 3.04. The van der Waals surface area contributed by atoms with Crippen LogP contribution < -0.4 is 14.8 Å². The maximum atomic E-state index is 11.3. The molecule has 0 atom stereocenters. The van der Waals surface area contributed by atoms with Gasteiger partial charge in [0.2, 0.25) is 6.79 Å². The van der Waals surface area contributed by atoms with Crippen molar-refractivity contribution in [1.82, 2.24) is 0 Å². The topological polar surface area (TPSA) is 82.9 Å². The molecule has 2 aliphatic heterocycles. The summed E-state index contributed by atoms with van der Waals surface area (Å²) < 4.78 is 16.6. The minimum atomic E-state index is -0.418. The number of fused-ring (bicyclic) bond motifs is 1. The summed E-state index contributed by atoms with van der Waals surface area (Å²) in [6.45, 7) is 2.21. The average Bonchev–Trinajstić information content (AvgIpc) is 2.97. The van der Waals surface area contributed by atoms with E-state index in [0.29, 0.717) is 34.1 Å². The van der Waals surface area contributed by atoms with E-state index in [2.05, 4.69) is 21.2 Å². The molecule has 1 fully saturated rings. The third-order valence-electron chi connectivity index (χ3n) is 3.68. The Morgan fingerprint density at radius 2 is 2.05 bits per heavy atom. The molecule has 2 heterocycles. The predicted octanol–water partition coefficient (Wildman–Crippen LogP) is 2.92. The van der Waals surface area contributed by atoms with Gasteiger partial charge in [0, 0.05) is 25.8 Å². The molecule has 3 rings (SSSR count). The SMILES string of the molecule is O=[N+]([O-])c1cc(Br)c2c(c1NCC1CCOCC1)OCO2. The van der Waals surface area contributed by atoms with E-state index in [1.54, 1.807) is 0 Å². The Labute approximate surface area is 129 Å². The van der Waals surface area contributed by atoms with Gasteiger partial charge in [0.25, 0.3) is 5.69 Å². The molecule has 0 saturated carbocycles. The van der Waals surface area contributed by atoms with Crippen LogP contribution in [-0.2, 0) is 4.74 Å². The average molecular weight is 359 g/mol. The Hall–Kier alpha value is -1.54. The van der Waals surface area contributed by atoms with Gasteiger partial charge in [-0.3, -0.25) is 10.1 Å². The van der Waals surface area contributed by atoms with Gasteiger partial charge in [-0.2, -0.15) is 0 Å². The van der Waals surface area contributed by atoms with Gasteiger partial charge in [-0.1, -0.05) is 0 Å². The zero-order valence-electron chi connectivity index (χ0n) is 11.3. The first-order valence-electron chi connectivity index (χ1n) is 6.75.